The van der Waals surface area contributed by atoms with Crippen molar-refractivity contribution in [3.63, 3.8) is 0 Å². The van der Waals surface area contributed by atoms with Crippen LogP contribution in [0, 0.1) is 0 Å². The zero-order valence-corrected chi connectivity index (χ0v) is 11.8. The monoisotopic (exact) mass is 313 g/mol. The van der Waals surface area contributed by atoms with Crippen LogP contribution in [0.15, 0.2) is 22.8 Å². The van der Waals surface area contributed by atoms with E-state index in [-0.39, 0.29) is 12.1 Å². The Kier molecular flexibility index (Phi) is 4.41. The third-order valence-corrected chi connectivity index (χ3v) is 3.40. The number of likely N-dealkylation sites (tertiary alicyclic amines) is 1. The van der Waals surface area contributed by atoms with Gasteiger partial charge in [-0.15, -0.1) is 0 Å². The summed E-state index contributed by atoms with van der Waals surface area (Å²) in [6.45, 7) is 1.42. The molecule has 1 aromatic rings. The summed E-state index contributed by atoms with van der Waals surface area (Å²) in [5, 5.41) is 3.34. The third kappa shape index (κ3) is 3.35. The van der Waals surface area contributed by atoms with Gasteiger partial charge in [0.05, 0.1) is 7.11 Å². The first-order valence-corrected chi connectivity index (χ1v) is 6.69. The average Bonchev–Trinajstić information content (AvgIpc) is 2.41. The van der Waals surface area contributed by atoms with Crippen molar-refractivity contribution in [2.45, 2.75) is 18.9 Å². The number of nitrogens with zero attached hydrogens (tertiary/aromatic N) is 2. The number of piperidine rings is 1. The molecule has 0 saturated carbocycles. The van der Waals surface area contributed by atoms with Gasteiger partial charge in [0.1, 0.15) is 5.82 Å². The maximum absolute atomic E-state index is 11.5. The van der Waals surface area contributed by atoms with Crippen molar-refractivity contribution in [2.24, 2.45) is 0 Å². The van der Waals surface area contributed by atoms with E-state index >= 15 is 0 Å². The Labute approximate surface area is 115 Å². The maximum atomic E-state index is 11.5. The predicted octanol–water partition coefficient (Wildman–Crippen LogP) is 2.49. The standard InChI is InChI=1S/C12H16BrN3O2/c1-18-12(17)16-6-2-3-10(8-16)15-11-5-4-9(13)7-14-11/h4-5,7,10H,2-3,6,8H2,1H3,(H,14,15). The molecular weight excluding hydrogens is 298 g/mol. The van der Waals surface area contributed by atoms with E-state index in [4.69, 9.17) is 4.74 Å². The zero-order valence-electron chi connectivity index (χ0n) is 10.2. The van der Waals surface area contributed by atoms with Crippen LogP contribution in [0.5, 0.6) is 0 Å². The average molecular weight is 314 g/mol. The van der Waals surface area contributed by atoms with Crippen molar-refractivity contribution in [2.75, 3.05) is 25.5 Å². The molecule has 0 aromatic carbocycles. The smallest absolute Gasteiger partial charge is 0.409 e. The number of hydrogen-bond donors (Lipinski definition) is 1. The molecule has 2 heterocycles. The lowest BCUT2D eigenvalue weighted by atomic mass is 10.1. The molecule has 5 nitrogen and oxygen atoms in total. The molecule has 98 valence electrons. The Hall–Kier alpha value is -1.30. The number of amides is 1. The van der Waals surface area contributed by atoms with Gasteiger partial charge >= 0.3 is 6.09 Å². The second-order valence-electron chi connectivity index (χ2n) is 4.26. The highest BCUT2D eigenvalue weighted by molar-refractivity contribution is 9.10. The van der Waals surface area contributed by atoms with Crippen LogP contribution in [0.1, 0.15) is 12.8 Å². The lowest BCUT2D eigenvalue weighted by molar-refractivity contribution is 0.113. The van der Waals surface area contributed by atoms with E-state index in [0.717, 1.165) is 29.7 Å². The van der Waals surface area contributed by atoms with E-state index in [9.17, 15) is 4.79 Å². The van der Waals surface area contributed by atoms with E-state index in [0.29, 0.717) is 6.54 Å². The Morgan fingerprint density at radius 3 is 3.11 bits per heavy atom. The van der Waals surface area contributed by atoms with E-state index in [2.05, 4.69) is 26.2 Å². The van der Waals surface area contributed by atoms with Crippen LogP contribution in [0.4, 0.5) is 10.6 Å². The number of pyridine rings is 1. The van der Waals surface area contributed by atoms with Crippen LogP contribution in [0.3, 0.4) is 0 Å². The molecular formula is C12H16BrN3O2. The molecule has 6 heteroatoms. The summed E-state index contributed by atoms with van der Waals surface area (Å²) in [5.41, 5.74) is 0. The first-order chi connectivity index (χ1) is 8.69. The fourth-order valence-corrected chi connectivity index (χ4v) is 2.29. The number of carbonyl (C=O) groups excluding carboxylic acids is 1. The van der Waals surface area contributed by atoms with Gasteiger partial charge in [-0.25, -0.2) is 9.78 Å². The maximum Gasteiger partial charge on any atom is 0.409 e. The fraction of sp³-hybridized carbons (Fsp3) is 0.500. The number of nitrogens with one attached hydrogen (secondary N) is 1. The third-order valence-electron chi connectivity index (χ3n) is 2.93. The van der Waals surface area contributed by atoms with E-state index in [1.807, 2.05) is 12.1 Å². The zero-order chi connectivity index (χ0) is 13.0. The highest BCUT2D eigenvalue weighted by atomic mass is 79.9. The Morgan fingerprint density at radius 2 is 2.44 bits per heavy atom. The van der Waals surface area contributed by atoms with E-state index in [1.54, 1.807) is 11.1 Å². The molecule has 0 radical (unpaired) electrons. The molecule has 0 aliphatic carbocycles. The van der Waals surface area contributed by atoms with Crippen molar-refractivity contribution in [3.05, 3.63) is 22.8 Å². The molecule has 1 aromatic heterocycles. The van der Waals surface area contributed by atoms with Crippen molar-refractivity contribution in [3.8, 4) is 0 Å². The topological polar surface area (TPSA) is 54.5 Å². The van der Waals surface area contributed by atoms with Gasteiger partial charge in [0.25, 0.3) is 0 Å². The number of hydrogen-bond acceptors (Lipinski definition) is 4. The SMILES string of the molecule is COC(=O)N1CCCC(Nc2ccc(Br)cn2)C1. The van der Waals surface area contributed by atoms with Crippen LogP contribution < -0.4 is 5.32 Å². The molecule has 1 aliphatic heterocycles. The summed E-state index contributed by atoms with van der Waals surface area (Å²) in [6, 6.07) is 4.09. The molecule has 1 unspecified atom stereocenters. The summed E-state index contributed by atoms with van der Waals surface area (Å²) in [7, 11) is 1.41. The molecule has 1 fully saturated rings. The predicted molar refractivity (Wildman–Crippen MR) is 72.6 cm³/mol. The van der Waals surface area contributed by atoms with Gasteiger partial charge in [-0.1, -0.05) is 0 Å². The Balaban J connectivity index is 1.93. The van der Waals surface area contributed by atoms with Crippen LogP contribution in [0.25, 0.3) is 0 Å². The Bertz CT molecular complexity index is 410. The van der Waals surface area contributed by atoms with Crippen LogP contribution in [-0.4, -0.2) is 42.2 Å². The second kappa shape index (κ2) is 6.04. The minimum atomic E-state index is -0.259. The first-order valence-electron chi connectivity index (χ1n) is 5.90. The summed E-state index contributed by atoms with van der Waals surface area (Å²) in [4.78, 5) is 17.5. The normalized spacial score (nSPS) is 19.4. The quantitative estimate of drug-likeness (QED) is 0.911. The highest BCUT2D eigenvalue weighted by Crippen LogP contribution is 2.16. The number of methoxy groups -OCH3 is 1. The molecule has 0 bridgehead atoms. The number of carbonyl (C=O) groups is 1. The van der Waals surface area contributed by atoms with Crippen molar-refractivity contribution in [1.82, 2.24) is 9.88 Å². The van der Waals surface area contributed by atoms with Crippen molar-refractivity contribution >= 4 is 27.8 Å². The number of rotatable bonds is 2. The Morgan fingerprint density at radius 1 is 1.61 bits per heavy atom. The summed E-state index contributed by atoms with van der Waals surface area (Å²) in [6.07, 6.45) is 3.50. The molecule has 2 rings (SSSR count). The molecule has 1 N–H and O–H groups in total. The van der Waals surface area contributed by atoms with Gasteiger partial charge in [0, 0.05) is 29.8 Å². The van der Waals surface area contributed by atoms with Crippen molar-refractivity contribution < 1.29 is 9.53 Å². The first kappa shape index (κ1) is 13.1. The van der Waals surface area contributed by atoms with Crippen LogP contribution in [0.2, 0.25) is 0 Å². The molecule has 1 amide bonds. The van der Waals surface area contributed by atoms with Gasteiger partial charge in [0.15, 0.2) is 0 Å². The van der Waals surface area contributed by atoms with Gasteiger partial charge in [-0.05, 0) is 40.9 Å². The van der Waals surface area contributed by atoms with Crippen LogP contribution >= 0.6 is 15.9 Å². The molecule has 1 saturated heterocycles. The minimum Gasteiger partial charge on any atom is -0.453 e. The van der Waals surface area contributed by atoms with E-state index < -0.39 is 0 Å². The van der Waals surface area contributed by atoms with Gasteiger partial charge in [0.2, 0.25) is 0 Å². The largest absolute Gasteiger partial charge is 0.453 e. The molecule has 18 heavy (non-hydrogen) atoms. The number of ether oxygens (including phenoxy) is 1. The lowest BCUT2D eigenvalue weighted by Crippen LogP contribution is -2.45. The second-order valence-corrected chi connectivity index (χ2v) is 5.18. The van der Waals surface area contributed by atoms with Crippen LogP contribution in [-0.2, 0) is 4.74 Å². The van der Waals surface area contributed by atoms with Gasteiger partial charge in [-0.3, -0.25) is 0 Å². The summed E-state index contributed by atoms with van der Waals surface area (Å²) < 4.78 is 5.69. The van der Waals surface area contributed by atoms with Gasteiger partial charge in [-0.2, -0.15) is 0 Å². The van der Waals surface area contributed by atoms with E-state index in [1.165, 1.54) is 7.11 Å². The lowest BCUT2D eigenvalue weighted by Gasteiger charge is -2.32. The fourth-order valence-electron chi connectivity index (χ4n) is 2.06. The summed E-state index contributed by atoms with van der Waals surface area (Å²) >= 11 is 3.35. The number of halogens is 1. The molecule has 1 atom stereocenters. The van der Waals surface area contributed by atoms with Crippen molar-refractivity contribution in [1.29, 1.82) is 0 Å². The molecule has 1 aliphatic rings. The highest BCUT2D eigenvalue weighted by Gasteiger charge is 2.24. The summed E-state index contributed by atoms with van der Waals surface area (Å²) in [5.74, 6) is 0.829. The van der Waals surface area contributed by atoms with Gasteiger partial charge < -0.3 is 15.0 Å². The number of aromatic nitrogens is 1. The number of anilines is 1. The minimum absolute atomic E-state index is 0.228. The molecule has 0 spiro atoms.